The second-order valence-electron chi connectivity index (χ2n) is 5.41. The molecule has 1 atom stereocenters. The molecule has 0 spiro atoms. The molecule has 20 heavy (non-hydrogen) atoms. The maximum atomic E-state index is 4.39. The van der Waals surface area contributed by atoms with E-state index in [1.165, 1.54) is 19.3 Å². The monoisotopic (exact) mass is 390 g/mol. The Hall–Kier alpha value is -0.860. The molecule has 1 aromatic heterocycles. The summed E-state index contributed by atoms with van der Waals surface area (Å²) in [5.74, 6) is 3.19. The van der Waals surface area contributed by atoms with Crippen LogP contribution < -0.4 is 10.6 Å². The van der Waals surface area contributed by atoms with Gasteiger partial charge < -0.3 is 15.2 Å². The lowest BCUT2D eigenvalue weighted by molar-refractivity contribution is 0.600. The molecule has 6 nitrogen and oxygen atoms in total. The van der Waals surface area contributed by atoms with Crippen molar-refractivity contribution in [3.8, 4) is 0 Å². The lowest BCUT2D eigenvalue weighted by atomic mass is 10.2. The van der Waals surface area contributed by atoms with E-state index < -0.39 is 0 Å². The maximum absolute atomic E-state index is 4.39. The van der Waals surface area contributed by atoms with Gasteiger partial charge in [0.25, 0.3) is 0 Å². The molecule has 0 aliphatic carbocycles. The van der Waals surface area contributed by atoms with E-state index in [0.717, 1.165) is 50.1 Å². The SMILES string of the molecule is CC1CN=C(NCCc2nnc3n2CCCCC3)N1.I. The number of nitrogens with one attached hydrogen (secondary N) is 2. The van der Waals surface area contributed by atoms with Gasteiger partial charge in [0.05, 0.1) is 6.54 Å². The van der Waals surface area contributed by atoms with Crippen molar-refractivity contribution in [2.75, 3.05) is 13.1 Å². The summed E-state index contributed by atoms with van der Waals surface area (Å²) in [5, 5.41) is 15.3. The molecular weight excluding hydrogens is 367 g/mol. The third-order valence-corrected chi connectivity index (χ3v) is 3.73. The smallest absolute Gasteiger partial charge is 0.191 e. The maximum Gasteiger partial charge on any atom is 0.191 e. The molecule has 3 rings (SSSR count). The summed E-state index contributed by atoms with van der Waals surface area (Å²) < 4.78 is 2.31. The van der Waals surface area contributed by atoms with E-state index in [1.807, 2.05) is 0 Å². The molecule has 0 aromatic carbocycles. The van der Waals surface area contributed by atoms with E-state index in [9.17, 15) is 0 Å². The molecule has 1 unspecified atom stereocenters. The molecule has 2 aliphatic rings. The van der Waals surface area contributed by atoms with Gasteiger partial charge in [-0.15, -0.1) is 34.2 Å². The molecule has 0 radical (unpaired) electrons. The van der Waals surface area contributed by atoms with Crippen LogP contribution in [0.3, 0.4) is 0 Å². The summed E-state index contributed by atoms with van der Waals surface area (Å²) in [6.07, 6.45) is 5.78. The van der Waals surface area contributed by atoms with Crippen LogP contribution in [0.25, 0.3) is 0 Å². The molecule has 0 bridgehead atoms. The molecule has 2 N–H and O–H groups in total. The standard InChI is InChI=1S/C13H22N6.HI/c1-10-9-15-13(16-10)14-7-6-12-18-17-11-5-3-2-4-8-19(11)12;/h10H,2-9H2,1H3,(H2,14,15,16);1H. The second kappa shape index (κ2) is 7.24. The number of aromatic nitrogens is 3. The van der Waals surface area contributed by atoms with Crippen LogP contribution in [0, 0.1) is 0 Å². The Morgan fingerprint density at radius 3 is 3.00 bits per heavy atom. The van der Waals surface area contributed by atoms with E-state index >= 15 is 0 Å². The van der Waals surface area contributed by atoms with Crippen LogP contribution in [-0.4, -0.2) is 39.9 Å². The summed E-state index contributed by atoms with van der Waals surface area (Å²) in [7, 11) is 0. The summed E-state index contributed by atoms with van der Waals surface area (Å²) in [6, 6.07) is 0.451. The lowest BCUT2D eigenvalue weighted by Gasteiger charge is -2.09. The highest BCUT2D eigenvalue weighted by atomic mass is 127. The molecular formula is C13H23IN6. The van der Waals surface area contributed by atoms with Crippen LogP contribution in [-0.2, 0) is 19.4 Å². The number of aryl methyl sites for hydroxylation is 1. The van der Waals surface area contributed by atoms with E-state index in [4.69, 9.17) is 0 Å². The van der Waals surface area contributed by atoms with E-state index in [-0.39, 0.29) is 24.0 Å². The number of hydrogen-bond acceptors (Lipinski definition) is 5. The van der Waals surface area contributed by atoms with E-state index in [1.54, 1.807) is 0 Å². The zero-order chi connectivity index (χ0) is 13.1. The third-order valence-electron chi connectivity index (χ3n) is 3.73. The van der Waals surface area contributed by atoms with Gasteiger partial charge in [-0.25, -0.2) is 0 Å². The van der Waals surface area contributed by atoms with Gasteiger partial charge in [-0.1, -0.05) is 6.42 Å². The van der Waals surface area contributed by atoms with Gasteiger partial charge in [0, 0.05) is 32.0 Å². The summed E-state index contributed by atoms with van der Waals surface area (Å²) >= 11 is 0. The fraction of sp³-hybridized carbons (Fsp3) is 0.769. The topological polar surface area (TPSA) is 67.1 Å². The van der Waals surface area contributed by atoms with Crippen molar-refractivity contribution in [2.45, 2.75) is 51.6 Å². The zero-order valence-corrected chi connectivity index (χ0v) is 14.3. The Kier molecular flexibility index (Phi) is 5.62. The van der Waals surface area contributed by atoms with E-state index in [2.05, 4.69) is 37.3 Å². The minimum Gasteiger partial charge on any atom is -0.356 e. The molecule has 7 heteroatoms. The van der Waals surface area contributed by atoms with Crippen LogP contribution in [0.2, 0.25) is 0 Å². The van der Waals surface area contributed by atoms with E-state index in [0.29, 0.717) is 6.04 Å². The zero-order valence-electron chi connectivity index (χ0n) is 11.9. The Bertz CT molecular complexity index is 469. The Morgan fingerprint density at radius 2 is 2.20 bits per heavy atom. The van der Waals surface area contributed by atoms with Crippen molar-refractivity contribution in [1.29, 1.82) is 0 Å². The Morgan fingerprint density at radius 1 is 1.30 bits per heavy atom. The van der Waals surface area contributed by atoms with Crippen LogP contribution in [0.1, 0.15) is 37.8 Å². The van der Waals surface area contributed by atoms with Crippen LogP contribution in [0.15, 0.2) is 4.99 Å². The number of hydrogen-bond donors (Lipinski definition) is 2. The van der Waals surface area contributed by atoms with Gasteiger partial charge in [0.1, 0.15) is 11.6 Å². The van der Waals surface area contributed by atoms with Crippen LogP contribution in [0.5, 0.6) is 0 Å². The Labute approximate surface area is 136 Å². The first-order valence-electron chi connectivity index (χ1n) is 7.29. The highest BCUT2D eigenvalue weighted by Crippen LogP contribution is 2.14. The fourth-order valence-corrected chi connectivity index (χ4v) is 2.68. The molecule has 2 aliphatic heterocycles. The number of guanidine groups is 1. The van der Waals surface area contributed by atoms with Crippen molar-refractivity contribution < 1.29 is 0 Å². The van der Waals surface area contributed by atoms with Gasteiger partial charge in [0.15, 0.2) is 5.96 Å². The highest BCUT2D eigenvalue weighted by Gasteiger charge is 2.15. The summed E-state index contributed by atoms with van der Waals surface area (Å²) in [5.41, 5.74) is 0. The predicted molar refractivity (Wildman–Crippen MR) is 89.6 cm³/mol. The lowest BCUT2D eigenvalue weighted by Crippen LogP contribution is -2.38. The van der Waals surface area contributed by atoms with Crippen molar-refractivity contribution in [3.63, 3.8) is 0 Å². The average molecular weight is 390 g/mol. The normalized spacial score (nSPS) is 21.2. The first kappa shape index (κ1) is 15.5. The minimum atomic E-state index is 0. The summed E-state index contributed by atoms with van der Waals surface area (Å²) in [6.45, 7) is 4.93. The fourth-order valence-electron chi connectivity index (χ4n) is 2.68. The van der Waals surface area contributed by atoms with Crippen molar-refractivity contribution in [3.05, 3.63) is 11.6 Å². The van der Waals surface area contributed by atoms with Gasteiger partial charge in [-0.05, 0) is 19.8 Å². The van der Waals surface area contributed by atoms with Crippen LogP contribution in [0.4, 0.5) is 0 Å². The van der Waals surface area contributed by atoms with Crippen molar-refractivity contribution in [2.24, 2.45) is 4.99 Å². The molecule has 0 fully saturated rings. The Balaban J connectivity index is 0.00000147. The number of fused-ring (bicyclic) bond motifs is 1. The summed E-state index contributed by atoms with van der Waals surface area (Å²) in [4.78, 5) is 4.39. The molecule has 3 heterocycles. The minimum absolute atomic E-state index is 0. The molecule has 0 amide bonds. The average Bonchev–Trinajstić information content (AvgIpc) is 2.90. The van der Waals surface area contributed by atoms with Crippen molar-refractivity contribution >= 4 is 29.9 Å². The predicted octanol–water partition coefficient (Wildman–Crippen LogP) is 1.10. The van der Waals surface area contributed by atoms with Gasteiger partial charge in [-0.2, -0.15) is 0 Å². The molecule has 1 aromatic rings. The van der Waals surface area contributed by atoms with Gasteiger partial charge in [0.2, 0.25) is 0 Å². The molecule has 0 saturated heterocycles. The quantitative estimate of drug-likeness (QED) is 0.759. The number of halogens is 1. The highest BCUT2D eigenvalue weighted by molar-refractivity contribution is 14.0. The molecule has 112 valence electrons. The van der Waals surface area contributed by atoms with Crippen molar-refractivity contribution in [1.82, 2.24) is 25.4 Å². The van der Waals surface area contributed by atoms with Gasteiger partial charge in [-0.3, -0.25) is 4.99 Å². The number of nitrogens with zero attached hydrogens (tertiary/aromatic N) is 4. The first-order valence-corrected chi connectivity index (χ1v) is 7.29. The molecule has 0 saturated carbocycles. The first-order chi connectivity index (χ1) is 9.33. The third kappa shape index (κ3) is 3.62. The second-order valence-corrected chi connectivity index (χ2v) is 5.41. The van der Waals surface area contributed by atoms with Crippen LogP contribution >= 0.6 is 24.0 Å². The number of aliphatic imine (C=N–C) groups is 1. The van der Waals surface area contributed by atoms with Gasteiger partial charge >= 0.3 is 0 Å². The largest absolute Gasteiger partial charge is 0.356 e. The number of rotatable bonds is 3.